The molecule has 0 aromatic rings. The average molecular weight is 199 g/mol. The lowest BCUT2D eigenvalue weighted by atomic mass is 9.89. The van der Waals surface area contributed by atoms with Crippen molar-refractivity contribution in [2.45, 2.75) is 58.3 Å². The van der Waals surface area contributed by atoms with Gasteiger partial charge in [-0.25, -0.2) is 0 Å². The van der Waals surface area contributed by atoms with Gasteiger partial charge < -0.3 is 10.3 Å². The fourth-order valence-corrected chi connectivity index (χ4v) is 2.39. The molecule has 0 saturated heterocycles. The smallest absolute Gasteiger partial charge is 0.0796 e. The highest BCUT2D eigenvalue weighted by atomic mass is 16.5. The van der Waals surface area contributed by atoms with Gasteiger partial charge >= 0.3 is 0 Å². The lowest BCUT2D eigenvalue weighted by Gasteiger charge is -2.29. The molecule has 0 amide bonds. The second-order valence-electron chi connectivity index (χ2n) is 4.70. The highest BCUT2D eigenvalue weighted by Crippen LogP contribution is 2.21. The number of nitrogens with one attached hydrogen (secondary N) is 1. The minimum absolute atomic E-state index is 0.519. The molecule has 84 valence electrons. The predicted octanol–water partition coefficient (Wildman–Crippen LogP) is 2.14. The van der Waals surface area contributed by atoms with Crippen LogP contribution in [0, 0.1) is 11.1 Å². The Morgan fingerprint density at radius 3 is 2.50 bits per heavy atom. The summed E-state index contributed by atoms with van der Waals surface area (Å²) >= 11 is 0. The van der Waals surface area contributed by atoms with Crippen molar-refractivity contribution in [3.63, 3.8) is 0 Å². The SMILES string of the molecule is CCCCC[NH+]([O-])CC1CCCCC1. The van der Waals surface area contributed by atoms with Crippen molar-refractivity contribution in [1.82, 2.24) is 0 Å². The van der Waals surface area contributed by atoms with Crippen LogP contribution in [0.1, 0.15) is 58.3 Å². The summed E-state index contributed by atoms with van der Waals surface area (Å²) in [6, 6.07) is 0. The monoisotopic (exact) mass is 199 g/mol. The molecule has 0 bridgehead atoms. The van der Waals surface area contributed by atoms with Gasteiger partial charge in [-0.1, -0.05) is 32.6 Å². The zero-order valence-electron chi connectivity index (χ0n) is 9.56. The summed E-state index contributed by atoms with van der Waals surface area (Å²) in [6.45, 7) is 3.90. The van der Waals surface area contributed by atoms with Crippen molar-refractivity contribution in [2.24, 2.45) is 5.92 Å². The van der Waals surface area contributed by atoms with Gasteiger partial charge in [-0.3, -0.25) is 0 Å². The molecule has 1 unspecified atom stereocenters. The quantitative estimate of drug-likeness (QED) is 0.515. The average Bonchev–Trinajstić information content (AvgIpc) is 2.20. The summed E-state index contributed by atoms with van der Waals surface area (Å²) in [7, 11) is 0. The van der Waals surface area contributed by atoms with E-state index < -0.39 is 0 Å². The van der Waals surface area contributed by atoms with Crippen LogP contribution in [0.2, 0.25) is 0 Å². The first-order valence-corrected chi connectivity index (χ1v) is 6.34. The fourth-order valence-electron chi connectivity index (χ4n) is 2.39. The van der Waals surface area contributed by atoms with Crippen molar-refractivity contribution in [2.75, 3.05) is 13.1 Å². The minimum Gasteiger partial charge on any atom is -0.634 e. The molecule has 1 rings (SSSR count). The van der Waals surface area contributed by atoms with E-state index >= 15 is 0 Å². The van der Waals surface area contributed by atoms with Crippen LogP contribution >= 0.6 is 0 Å². The number of quaternary nitrogens is 1. The third-order valence-corrected chi connectivity index (χ3v) is 3.30. The first-order chi connectivity index (χ1) is 6.83. The third kappa shape index (κ3) is 4.97. The molecular formula is C12H25NO. The molecule has 14 heavy (non-hydrogen) atoms. The van der Waals surface area contributed by atoms with E-state index in [-0.39, 0.29) is 0 Å². The largest absolute Gasteiger partial charge is 0.634 e. The standard InChI is InChI=1S/C12H25NO/c1-2-3-7-10-13(14)11-12-8-5-4-6-9-12/h12-13H,2-11H2,1H3. The summed E-state index contributed by atoms with van der Waals surface area (Å²) in [4.78, 5) is 0. The molecule has 1 N–H and O–H groups in total. The zero-order valence-corrected chi connectivity index (χ0v) is 9.56. The van der Waals surface area contributed by atoms with E-state index in [1.807, 2.05) is 0 Å². The molecule has 0 heterocycles. The van der Waals surface area contributed by atoms with E-state index in [4.69, 9.17) is 0 Å². The van der Waals surface area contributed by atoms with E-state index in [9.17, 15) is 5.21 Å². The molecule has 0 radical (unpaired) electrons. The van der Waals surface area contributed by atoms with E-state index in [1.165, 1.54) is 44.9 Å². The van der Waals surface area contributed by atoms with Gasteiger partial charge in [0.2, 0.25) is 0 Å². The van der Waals surface area contributed by atoms with Crippen LogP contribution in [0.15, 0.2) is 0 Å². The molecule has 0 aliphatic heterocycles. The van der Waals surface area contributed by atoms with Gasteiger partial charge in [-0.15, -0.1) is 0 Å². The molecule has 0 aromatic heterocycles. The molecule has 0 aromatic carbocycles. The summed E-state index contributed by atoms with van der Waals surface area (Å²) in [5.74, 6) is 0.734. The Bertz CT molecular complexity index is 132. The minimum atomic E-state index is 0.519. The molecule has 1 aliphatic carbocycles. The van der Waals surface area contributed by atoms with Gasteiger partial charge in [0.1, 0.15) is 0 Å². The Kier molecular flexibility index (Phi) is 6.20. The summed E-state index contributed by atoms with van der Waals surface area (Å²) in [5.41, 5.74) is 0. The molecule has 1 fully saturated rings. The number of hydrogen-bond donors (Lipinski definition) is 1. The van der Waals surface area contributed by atoms with E-state index in [1.54, 1.807) is 0 Å². The normalized spacial score (nSPS) is 21.0. The van der Waals surface area contributed by atoms with E-state index in [0.717, 1.165) is 25.4 Å². The highest BCUT2D eigenvalue weighted by molar-refractivity contribution is 4.64. The number of rotatable bonds is 6. The first-order valence-electron chi connectivity index (χ1n) is 6.34. The van der Waals surface area contributed by atoms with E-state index in [0.29, 0.717) is 5.06 Å². The summed E-state index contributed by atoms with van der Waals surface area (Å²) < 4.78 is 0. The van der Waals surface area contributed by atoms with Crippen LogP contribution in [-0.2, 0) is 0 Å². The van der Waals surface area contributed by atoms with Gasteiger partial charge in [0, 0.05) is 5.92 Å². The summed E-state index contributed by atoms with van der Waals surface area (Å²) in [5, 5.41) is 12.1. The number of unbranched alkanes of at least 4 members (excludes halogenated alkanes) is 2. The maximum atomic E-state index is 11.6. The Hall–Kier alpha value is -0.0800. The van der Waals surface area contributed by atoms with Crippen molar-refractivity contribution in [3.8, 4) is 0 Å². The fraction of sp³-hybridized carbons (Fsp3) is 1.00. The summed E-state index contributed by atoms with van der Waals surface area (Å²) in [6.07, 6.45) is 10.3. The maximum absolute atomic E-state index is 11.6. The van der Waals surface area contributed by atoms with Crippen LogP contribution in [0.3, 0.4) is 0 Å². The highest BCUT2D eigenvalue weighted by Gasteiger charge is 2.15. The van der Waals surface area contributed by atoms with Crippen LogP contribution in [0.4, 0.5) is 0 Å². The molecule has 2 nitrogen and oxygen atoms in total. The zero-order chi connectivity index (χ0) is 10.2. The van der Waals surface area contributed by atoms with Gasteiger partial charge in [0.15, 0.2) is 0 Å². The van der Waals surface area contributed by atoms with Gasteiger partial charge in [-0.2, -0.15) is 0 Å². The van der Waals surface area contributed by atoms with Gasteiger partial charge in [0.05, 0.1) is 13.1 Å². The molecule has 1 saturated carbocycles. The van der Waals surface area contributed by atoms with Gasteiger partial charge in [-0.05, 0) is 25.7 Å². The molecule has 1 aliphatic rings. The van der Waals surface area contributed by atoms with Crippen molar-refractivity contribution in [1.29, 1.82) is 0 Å². The molecule has 1 atom stereocenters. The van der Waals surface area contributed by atoms with Crippen LogP contribution in [0.5, 0.6) is 0 Å². The topological polar surface area (TPSA) is 27.5 Å². The molecular weight excluding hydrogens is 174 g/mol. The third-order valence-electron chi connectivity index (χ3n) is 3.30. The van der Waals surface area contributed by atoms with E-state index in [2.05, 4.69) is 6.92 Å². The van der Waals surface area contributed by atoms with Crippen molar-refractivity contribution < 1.29 is 5.06 Å². The van der Waals surface area contributed by atoms with Gasteiger partial charge in [0.25, 0.3) is 0 Å². The van der Waals surface area contributed by atoms with Crippen LogP contribution in [-0.4, -0.2) is 13.1 Å². The lowest BCUT2D eigenvalue weighted by Crippen LogP contribution is -3.08. The van der Waals surface area contributed by atoms with Crippen LogP contribution in [0.25, 0.3) is 0 Å². The van der Waals surface area contributed by atoms with Crippen molar-refractivity contribution in [3.05, 3.63) is 5.21 Å². The molecule has 0 spiro atoms. The lowest BCUT2D eigenvalue weighted by molar-refractivity contribution is -0.852. The van der Waals surface area contributed by atoms with Crippen LogP contribution < -0.4 is 5.06 Å². The number of hydroxylamine groups is 2. The Morgan fingerprint density at radius 2 is 1.86 bits per heavy atom. The molecule has 2 heteroatoms. The Balaban J connectivity index is 2.03. The van der Waals surface area contributed by atoms with Crippen molar-refractivity contribution >= 4 is 0 Å². The maximum Gasteiger partial charge on any atom is 0.0796 e. The number of hydrogen-bond acceptors (Lipinski definition) is 1. The first kappa shape index (κ1) is 12.0. The predicted molar refractivity (Wildman–Crippen MR) is 60.2 cm³/mol. The second-order valence-corrected chi connectivity index (χ2v) is 4.70. The second kappa shape index (κ2) is 7.24. The Labute approximate surface area is 88.3 Å². The Morgan fingerprint density at radius 1 is 1.14 bits per heavy atom.